The molecule has 0 spiro atoms. The first-order chi connectivity index (χ1) is 8.63. The summed E-state index contributed by atoms with van der Waals surface area (Å²) >= 11 is 1.83. The Morgan fingerprint density at radius 2 is 2.17 bits per heavy atom. The fourth-order valence-electron chi connectivity index (χ4n) is 1.41. The summed E-state index contributed by atoms with van der Waals surface area (Å²) in [7, 11) is 0. The van der Waals surface area contributed by atoms with E-state index in [-0.39, 0.29) is 12.4 Å². The van der Waals surface area contributed by atoms with Crippen LogP contribution in [0, 0.1) is 23.6 Å². The molecule has 0 radical (unpaired) electrons. The van der Waals surface area contributed by atoms with Gasteiger partial charge in [-0.05, 0) is 29.4 Å². The summed E-state index contributed by atoms with van der Waals surface area (Å²) in [4.78, 5) is 0. The molecule has 0 saturated carbocycles. The summed E-state index contributed by atoms with van der Waals surface area (Å²) in [5, 5.41) is 8.69. The van der Waals surface area contributed by atoms with Crippen LogP contribution in [-0.2, 0) is 5.75 Å². The molecule has 0 aliphatic rings. The lowest BCUT2D eigenvalue weighted by atomic mass is 10.1. The lowest BCUT2D eigenvalue weighted by Gasteiger charge is -2.07. The Morgan fingerprint density at radius 3 is 2.83 bits per heavy atom. The van der Waals surface area contributed by atoms with Crippen LogP contribution in [0.4, 0.5) is 4.39 Å². The zero-order valence-corrected chi connectivity index (χ0v) is 11.7. The topological polar surface area (TPSA) is 20.2 Å². The van der Waals surface area contributed by atoms with Gasteiger partial charge in [0.15, 0.2) is 0 Å². The minimum Gasteiger partial charge on any atom is -0.395 e. The molecule has 0 bridgehead atoms. The summed E-state index contributed by atoms with van der Waals surface area (Å²) in [6.45, 7) is 4.40. The monoisotopic (exact) mass is 266 g/mol. The van der Waals surface area contributed by atoms with E-state index < -0.39 is 0 Å². The van der Waals surface area contributed by atoms with Gasteiger partial charge < -0.3 is 5.11 Å². The van der Waals surface area contributed by atoms with Crippen molar-refractivity contribution in [2.45, 2.75) is 26.0 Å². The third kappa shape index (κ3) is 5.57. The van der Waals surface area contributed by atoms with E-state index in [1.807, 2.05) is 11.8 Å². The maximum absolute atomic E-state index is 13.2. The van der Waals surface area contributed by atoms with E-state index in [4.69, 9.17) is 5.11 Å². The maximum atomic E-state index is 13.2. The molecule has 0 saturated heterocycles. The molecule has 1 rings (SSSR count). The molecule has 18 heavy (non-hydrogen) atoms. The fourth-order valence-corrected chi connectivity index (χ4v) is 2.47. The SMILES string of the molecule is CC(C)CSCc1ccc(F)cc1C#CCCO. The lowest BCUT2D eigenvalue weighted by molar-refractivity contribution is 0.305. The third-order valence-electron chi connectivity index (χ3n) is 2.24. The second-order valence-electron chi connectivity index (χ2n) is 4.49. The summed E-state index contributed by atoms with van der Waals surface area (Å²) in [5.41, 5.74) is 1.80. The molecular weight excluding hydrogens is 247 g/mol. The first-order valence-electron chi connectivity index (χ1n) is 6.09. The minimum atomic E-state index is -0.263. The quantitative estimate of drug-likeness (QED) is 0.824. The van der Waals surface area contributed by atoms with Crippen LogP contribution in [0.3, 0.4) is 0 Å². The largest absolute Gasteiger partial charge is 0.395 e. The molecule has 0 aliphatic heterocycles. The number of aliphatic hydroxyl groups is 1. The molecule has 1 aromatic carbocycles. The van der Waals surface area contributed by atoms with Crippen LogP contribution in [-0.4, -0.2) is 17.5 Å². The van der Waals surface area contributed by atoms with Crippen LogP contribution < -0.4 is 0 Å². The van der Waals surface area contributed by atoms with E-state index in [2.05, 4.69) is 25.7 Å². The highest BCUT2D eigenvalue weighted by atomic mass is 32.2. The number of hydrogen-bond donors (Lipinski definition) is 1. The Morgan fingerprint density at radius 1 is 1.39 bits per heavy atom. The standard InChI is InChI=1S/C15H19FOS/c1-12(2)10-18-11-14-6-7-15(16)9-13(14)5-3-4-8-17/h6-7,9,12,17H,4,8,10-11H2,1-2H3. The van der Waals surface area contributed by atoms with Crippen LogP contribution in [0.2, 0.25) is 0 Å². The van der Waals surface area contributed by atoms with E-state index in [1.165, 1.54) is 12.1 Å². The van der Waals surface area contributed by atoms with Crippen molar-refractivity contribution in [1.82, 2.24) is 0 Å². The molecule has 0 fully saturated rings. The van der Waals surface area contributed by atoms with Crippen LogP contribution in [0.1, 0.15) is 31.4 Å². The summed E-state index contributed by atoms with van der Waals surface area (Å²) in [6.07, 6.45) is 0.426. The molecule has 3 heteroatoms. The van der Waals surface area contributed by atoms with E-state index in [0.29, 0.717) is 12.3 Å². The van der Waals surface area contributed by atoms with Gasteiger partial charge >= 0.3 is 0 Å². The molecule has 0 aliphatic carbocycles. The summed E-state index contributed by atoms with van der Waals surface area (Å²) in [6, 6.07) is 4.74. The van der Waals surface area contributed by atoms with Crippen molar-refractivity contribution in [2.24, 2.45) is 5.92 Å². The fraction of sp³-hybridized carbons (Fsp3) is 0.467. The van der Waals surface area contributed by atoms with Gasteiger partial charge in [0, 0.05) is 17.7 Å². The maximum Gasteiger partial charge on any atom is 0.124 e. The van der Waals surface area contributed by atoms with E-state index >= 15 is 0 Å². The molecule has 0 unspecified atom stereocenters. The highest BCUT2D eigenvalue weighted by Gasteiger charge is 2.03. The van der Waals surface area contributed by atoms with Crippen molar-refractivity contribution in [1.29, 1.82) is 0 Å². The molecule has 0 amide bonds. The molecule has 0 heterocycles. The smallest absolute Gasteiger partial charge is 0.124 e. The van der Waals surface area contributed by atoms with Gasteiger partial charge in [-0.3, -0.25) is 0 Å². The van der Waals surface area contributed by atoms with Gasteiger partial charge in [0.1, 0.15) is 5.82 Å². The van der Waals surface area contributed by atoms with Gasteiger partial charge in [-0.15, -0.1) is 0 Å². The zero-order valence-electron chi connectivity index (χ0n) is 10.9. The Kier molecular flexibility index (Phi) is 6.85. The average molecular weight is 266 g/mol. The highest BCUT2D eigenvalue weighted by Crippen LogP contribution is 2.19. The predicted molar refractivity (Wildman–Crippen MR) is 76.0 cm³/mol. The minimum absolute atomic E-state index is 0.0414. The molecule has 0 atom stereocenters. The van der Waals surface area contributed by atoms with Gasteiger partial charge in [0.25, 0.3) is 0 Å². The van der Waals surface area contributed by atoms with Crippen molar-refractivity contribution in [3.8, 4) is 11.8 Å². The van der Waals surface area contributed by atoms with E-state index in [0.717, 1.165) is 22.6 Å². The van der Waals surface area contributed by atoms with Crippen LogP contribution >= 0.6 is 11.8 Å². The number of benzene rings is 1. The first kappa shape index (κ1) is 15.1. The Bertz CT molecular complexity index is 432. The van der Waals surface area contributed by atoms with Crippen molar-refractivity contribution in [3.63, 3.8) is 0 Å². The zero-order chi connectivity index (χ0) is 13.4. The molecule has 98 valence electrons. The van der Waals surface area contributed by atoms with Crippen molar-refractivity contribution < 1.29 is 9.50 Å². The summed E-state index contributed by atoms with van der Waals surface area (Å²) in [5.74, 6) is 8.09. The van der Waals surface area contributed by atoms with Gasteiger partial charge in [-0.2, -0.15) is 11.8 Å². The number of aliphatic hydroxyl groups excluding tert-OH is 1. The van der Waals surface area contributed by atoms with Gasteiger partial charge in [-0.25, -0.2) is 4.39 Å². The van der Waals surface area contributed by atoms with Crippen molar-refractivity contribution in [3.05, 3.63) is 35.1 Å². The molecule has 1 nitrogen and oxygen atoms in total. The van der Waals surface area contributed by atoms with Crippen molar-refractivity contribution in [2.75, 3.05) is 12.4 Å². The Balaban J connectivity index is 2.74. The highest BCUT2D eigenvalue weighted by molar-refractivity contribution is 7.98. The van der Waals surface area contributed by atoms with Gasteiger partial charge in [-0.1, -0.05) is 31.8 Å². The van der Waals surface area contributed by atoms with Gasteiger partial charge in [0.05, 0.1) is 6.61 Å². The number of rotatable bonds is 5. The number of halogens is 1. The number of thioether (sulfide) groups is 1. The van der Waals surface area contributed by atoms with Crippen LogP contribution in [0.15, 0.2) is 18.2 Å². The molecular formula is C15H19FOS. The second-order valence-corrected chi connectivity index (χ2v) is 5.52. The Labute approximate surface area is 113 Å². The Hall–Kier alpha value is -0.980. The molecule has 1 aromatic rings. The lowest BCUT2D eigenvalue weighted by Crippen LogP contribution is -1.94. The van der Waals surface area contributed by atoms with Crippen molar-refractivity contribution >= 4 is 11.8 Å². The normalized spacial score (nSPS) is 10.3. The molecule has 0 aromatic heterocycles. The first-order valence-corrected chi connectivity index (χ1v) is 7.25. The summed E-state index contributed by atoms with van der Waals surface area (Å²) < 4.78 is 13.2. The van der Waals surface area contributed by atoms with E-state index in [1.54, 1.807) is 6.07 Å². The second kappa shape index (κ2) is 8.18. The number of hydrogen-bond acceptors (Lipinski definition) is 2. The van der Waals surface area contributed by atoms with E-state index in [9.17, 15) is 4.39 Å². The molecule has 1 N–H and O–H groups in total. The third-order valence-corrected chi connectivity index (χ3v) is 3.66. The predicted octanol–water partition coefficient (Wildman–Crippen LogP) is 3.45. The van der Waals surface area contributed by atoms with Crippen LogP contribution in [0.5, 0.6) is 0 Å². The van der Waals surface area contributed by atoms with Gasteiger partial charge in [0.2, 0.25) is 0 Å². The average Bonchev–Trinajstić information content (AvgIpc) is 2.32. The van der Waals surface area contributed by atoms with Crippen LogP contribution in [0.25, 0.3) is 0 Å².